The lowest BCUT2D eigenvalue weighted by Crippen LogP contribution is -2.41. The van der Waals surface area contributed by atoms with Gasteiger partial charge in [0.25, 0.3) is 20.0 Å². The van der Waals surface area contributed by atoms with Crippen LogP contribution in [0.1, 0.15) is 157 Å². The molecule has 5 aromatic rings. The molecule has 3 aliphatic heterocycles. The maximum absolute atomic E-state index is 13.8. The van der Waals surface area contributed by atoms with E-state index in [4.69, 9.17) is 28.0 Å². The summed E-state index contributed by atoms with van der Waals surface area (Å²) in [6, 6.07) is 34.2. The van der Waals surface area contributed by atoms with Crippen molar-refractivity contribution in [2.45, 2.75) is 172 Å². The van der Waals surface area contributed by atoms with Crippen LogP contribution in [0.25, 0.3) is 6.08 Å². The normalized spacial score (nSPS) is 19.4. The van der Waals surface area contributed by atoms with E-state index in [0.717, 1.165) is 60.8 Å². The summed E-state index contributed by atoms with van der Waals surface area (Å²) in [7, 11) is 1.42. The number of nitriles is 1. The first-order chi connectivity index (χ1) is 43.7. The zero-order valence-corrected chi connectivity index (χ0v) is 55.5. The molecule has 5 amide bonds. The molecule has 8 rings (SSSR count). The number of aromatic nitrogens is 2. The van der Waals surface area contributed by atoms with Crippen molar-refractivity contribution < 1.29 is 47.2 Å². The molecule has 3 saturated heterocycles. The number of methoxy groups -OCH3 is 2. The minimum absolute atomic E-state index is 0.00176. The molecule has 0 radical (unpaired) electrons. The van der Waals surface area contributed by atoms with Crippen LogP contribution in [-0.2, 0) is 39.1 Å². The fraction of sp³-hybridized carbons (Fsp3) is 0.493. The summed E-state index contributed by atoms with van der Waals surface area (Å²) in [5.74, 6) is 1.32. The number of benzene rings is 4. The van der Waals surface area contributed by atoms with E-state index in [-0.39, 0.29) is 84.3 Å². The second kappa shape index (κ2) is 32.9. The van der Waals surface area contributed by atoms with Crippen molar-refractivity contribution in [3.05, 3.63) is 170 Å². The topological polar surface area (TPSA) is 245 Å². The first kappa shape index (κ1) is 69.7. The smallest absolute Gasteiger partial charge is 0.330 e. The number of thioether (sulfide) groups is 1. The van der Waals surface area contributed by atoms with Gasteiger partial charge in [-0.1, -0.05) is 107 Å². The molecule has 7 atom stereocenters. The van der Waals surface area contributed by atoms with Gasteiger partial charge in [0.05, 0.1) is 63.7 Å². The van der Waals surface area contributed by atoms with E-state index < -0.39 is 49.7 Å². The summed E-state index contributed by atoms with van der Waals surface area (Å²) >= 11 is 1.77. The predicted molar refractivity (Wildman–Crippen MR) is 354 cm³/mol. The molecule has 0 aliphatic carbocycles. The second-order valence-corrected chi connectivity index (χ2v) is 27.4. The Morgan fingerprint density at radius 3 is 2.03 bits per heavy atom. The number of urea groups is 1. The van der Waals surface area contributed by atoms with Gasteiger partial charge in [-0.25, -0.2) is 14.3 Å². The quantitative estimate of drug-likeness (QED) is 0.0103. The molecule has 22 heteroatoms. The number of hydrogen-bond acceptors (Lipinski definition) is 15. The molecule has 3 aliphatic rings. The first-order valence-corrected chi connectivity index (χ1v) is 33.8. The maximum atomic E-state index is 13.8. The number of unbranched alkanes of at least 4 members (excludes halogenated alkanes) is 4. The molecule has 0 spiro atoms. The van der Waals surface area contributed by atoms with Crippen LogP contribution in [0.4, 0.5) is 4.79 Å². The summed E-state index contributed by atoms with van der Waals surface area (Å²) < 4.78 is 42.1. The van der Waals surface area contributed by atoms with Crippen molar-refractivity contribution in [3.63, 3.8) is 0 Å². The van der Waals surface area contributed by atoms with Crippen molar-refractivity contribution in [1.29, 1.82) is 5.26 Å². The number of H-pyrrole nitrogens is 1. The Morgan fingerprint density at radius 1 is 0.813 bits per heavy atom. The third kappa shape index (κ3) is 17.9. The summed E-state index contributed by atoms with van der Waals surface area (Å²) in [5, 5.41) is 18.6. The Morgan fingerprint density at radius 2 is 1.43 bits per heavy atom. The van der Waals surface area contributed by atoms with Gasteiger partial charge in [-0.2, -0.15) is 17.0 Å². The number of ether oxygens (including phenoxy) is 4. The van der Waals surface area contributed by atoms with Gasteiger partial charge in [0.2, 0.25) is 11.8 Å². The van der Waals surface area contributed by atoms with E-state index in [0.29, 0.717) is 48.7 Å². The lowest BCUT2D eigenvalue weighted by Gasteiger charge is -2.39. The van der Waals surface area contributed by atoms with Gasteiger partial charge < -0.3 is 43.9 Å². The summed E-state index contributed by atoms with van der Waals surface area (Å²) in [6.45, 7) is 15.6. The highest BCUT2D eigenvalue weighted by molar-refractivity contribution is 8.00. The highest BCUT2D eigenvalue weighted by Gasteiger charge is 2.51. The number of aromatic amines is 1. The number of carbonyl (C=O) groups is 4. The molecule has 91 heavy (non-hydrogen) atoms. The molecule has 1 aromatic heterocycles. The first-order valence-electron chi connectivity index (χ1n) is 31.6. The maximum Gasteiger partial charge on any atom is 0.330 e. The third-order valence-corrected chi connectivity index (χ3v) is 20.3. The number of rotatable bonds is 32. The van der Waals surface area contributed by atoms with Crippen LogP contribution in [0.2, 0.25) is 0 Å². The fourth-order valence-corrected chi connectivity index (χ4v) is 15.2. The molecule has 488 valence electrons. The van der Waals surface area contributed by atoms with Crippen LogP contribution in [0, 0.1) is 11.3 Å². The van der Waals surface area contributed by atoms with Crippen LogP contribution >= 0.6 is 20.3 Å². The van der Waals surface area contributed by atoms with Gasteiger partial charge in [0.15, 0.2) is 0 Å². The molecule has 0 saturated carbocycles. The minimum atomic E-state index is -1.79. The SMILES string of the molecule is COc1ccc(C(OC[C@H]2O[C@@H](n3cc(/C=C/C(=O)NCCCCCCNC(=O)CCCC[C@@H]4SC[C@H]5[C@@H]4NC(=O)N5C(=O)c4ccc(C(C)(C)C)cc4)c(=O)[nH]c3=O)C[C@@H]2OP(OCCC#N)N(C(C)C)C(C)C)(c2ccccc2)c2ccc(OC)cc2)cc1. The second-order valence-electron chi connectivity index (χ2n) is 24.7. The van der Waals surface area contributed by atoms with Gasteiger partial charge in [-0.3, -0.25) is 33.6 Å². The van der Waals surface area contributed by atoms with Crippen LogP contribution < -0.4 is 36.7 Å². The number of amides is 5. The lowest BCUT2D eigenvalue weighted by molar-refractivity contribution is -0.121. The summed E-state index contributed by atoms with van der Waals surface area (Å²) in [5.41, 5.74) is 1.42. The van der Waals surface area contributed by atoms with Gasteiger partial charge in [-0.05, 0) is 124 Å². The number of nitrogens with one attached hydrogen (secondary N) is 4. The molecular weight excluding hydrogens is 1200 g/mol. The number of nitrogens with zero attached hydrogens (tertiary/aromatic N) is 4. The highest BCUT2D eigenvalue weighted by Crippen LogP contribution is 2.51. The van der Waals surface area contributed by atoms with E-state index in [1.165, 1.54) is 27.8 Å². The number of hydrogen-bond donors (Lipinski definition) is 4. The Balaban J connectivity index is 0.839. The van der Waals surface area contributed by atoms with E-state index in [9.17, 15) is 34.0 Å². The molecule has 0 bridgehead atoms. The average Bonchev–Trinajstić information content (AvgIpc) is 1.50. The molecule has 4 aromatic carbocycles. The Hall–Kier alpha value is -7.15. The van der Waals surface area contributed by atoms with Crippen LogP contribution in [-0.4, -0.2) is 131 Å². The van der Waals surface area contributed by atoms with E-state index in [1.807, 2.05) is 119 Å². The number of carbonyl (C=O) groups excluding carboxylic acids is 4. The summed E-state index contributed by atoms with van der Waals surface area (Å²) in [6.07, 6.45) is 7.71. The molecular formula is C69H89N8O12PS. The average molecular weight is 1290 g/mol. The standard InChI is InChI=1S/C69H89N8O12PS/c1-46(2)77(47(3)4)90(87-41-19-38-70)89-57-42-62(88-58(57)44-86-69(51-20-13-12-14-21-51,52-29-33-54(84-8)34-30-52)53-31-35-55(85-9)36-32-53)75-43-49(64(80)74-66(75)82)26-37-61(79)72-40-18-11-10-17-39-71-60(78)23-16-15-22-59-63-56(45-91-59)76(67(83)73-63)65(81)48-24-27-50(28-25-48)68(5,6)7/h12-14,20-21,24-37,43,46-47,56-59,62-63H,10-11,15-19,22-23,39-42,44-45H2,1-9H3,(H,71,78)(H,72,79)(H,73,83)(H,74,80,82)/b37-26+/t56-,57-,58+,59-,62+,63-,90?/m0/s1. The van der Waals surface area contributed by atoms with Crippen molar-refractivity contribution in [1.82, 2.24) is 35.1 Å². The Bertz CT molecular complexity index is 3350. The molecule has 3 fully saturated rings. The van der Waals surface area contributed by atoms with Gasteiger partial charge in [0, 0.05) is 66.9 Å². The molecule has 1 unspecified atom stereocenters. The van der Waals surface area contributed by atoms with Crippen molar-refractivity contribution in [2.75, 3.05) is 46.3 Å². The lowest BCUT2D eigenvalue weighted by atomic mass is 9.80. The summed E-state index contributed by atoms with van der Waals surface area (Å²) in [4.78, 5) is 83.3. The fourth-order valence-electron chi connectivity index (χ4n) is 11.9. The Labute approximate surface area is 540 Å². The van der Waals surface area contributed by atoms with E-state index >= 15 is 0 Å². The van der Waals surface area contributed by atoms with Gasteiger partial charge in [-0.15, -0.1) is 0 Å². The Kier molecular flexibility index (Phi) is 25.2. The highest BCUT2D eigenvalue weighted by atomic mass is 32.2. The largest absolute Gasteiger partial charge is 0.497 e. The van der Waals surface area contributed by atoms with Crippen molar-refractivity contribution in [2.24, 2.45) is 0 Å². The molecule has 20 nitrogen and oxygen atoms in total. The minimum Gasteiger partial charge on any atom is -0.497 e. The molecule has 4 heterocycles. The third-order valence-electron chi connectivity index (χ3n) is 16.6. The van der Waals surface area contributed by atoms with Gasteiger partial charge in [0.1, 0.15) is 29.4 Å². The van der Waals surface area contributed by atoms with Crippen LogP contribution in [0.5, 0.6) is 11.5 Å². The molecule has 4 N–H and O–H groups in total. The van der Waals surface area contributed by atoms with Crippen LogP contribution in [0.15, 0.2) is 125 Å². The number of fused-ring (bicyclic) bond motifs is 1. The predicted octanol–water partition coefficient (Wildman–Crippen LogP) is 10.9. The zero-order chi connectivity index (χ0) is 65.2. The zero-order valence-electron chi connectivity index (χ0n) is 53.8. The van der Waals surface area contributed by atoms with Gasteiger partial charge >= 0.3 is 11.7 Å². The van der Waals surface area contributed by atoms with Crippen molar-refractivity contribution >= 4 is 50.1 Å². The monoisotopic (exact) mass is 1280 g/mol. The van der Waals surface area contributed by atoms with Crippen molar-refractivity contribution in [3.8, 4) is 17.6 Å². The van der Waals surface area contributed by atoms with E-state index in [1.54, 1.807) is 38.1 Å². The number of imide groups is 1. The van der Waals surface area contributed by atoms with Crippen LogP contribution in [0.3, 0.4) is 0 Å². The van der Waals surface area contributed by atoms with E-state index in [2.05, 4.69) is 52.4 Å².